The van der Waals surface area contributed by atoms with Gasteiger partial charge in [0.25, 0.3) is 0 Å². The molecule has 35 heavy (non-hydrogen) atoms. The van der Waals surface area contributed by atoms with Crippen LogP contribution in [0.1, 0.15) is 36.7 Å². The molecule has 5 heterocycles. The number of aliphatic hydroxyl groups is 1. The zero-order chi connectivity index (χ0) is 23.7. The Hall–Kier alpha value is -3.52. The molecule has 4 aromatic rings. The lowest BCUT2D eigenvalue weighted by Crippen LogP contribution is -2.36. The number of nitrogens with one attached hydrogen (secondary N) is 1. The number of pyridine rings is 2. The topological polar surface area (TPSA) is 113 Å². The second-order valence-corrected chi connectivity index (χ2v) is 8.46. The maximum absolute atomic E-state index is 13.4. The molecule has 0 aromatic carbocycles. The van der Waals surface area contributed by atoms with Crippen molar-refractivity contribution < 1.29 is 14.2 Å². The van der Waals surface area contributed by atoms with Crippen LogP contribution in [0.3, 0.4) is 0 Å². The molecule has 9 nitrogen and oxygen atoms in total. The summed E-state index contributed by atoms with van der Waals surface area (Å²) < 4.78 is 23.1. The van der Waals surface area contributed by atoms with Gasteiger partial charge in [-0.25, -0.2) is 4.39 Å². The first-order valence-electron chi connectivity index (χ1n) is 11.1. The number of nitrogens with zero attached hydrogens (tertiary/aromatic N) is 6. The molecule has 11 heteroatoms. The SMILES string of the molecule is CC1CNCCC1n1cc(-c2ccc3c(C#N)cnn3c2OC(CO)c2ccc(F)cn2)cn1.Cl. The average molecular weight is 498 g/mol. The summed E-state index contributed by atoms with van der Waals surface area (Å²) in [6, 6.07) is 8.81. The average Bonchev–Trinajstić information content (AvgIpc) is 3.51. The molecule has 3 unspecified atom stereocenters. The number of hydrogen-bond donors (Lipinski definition) is 2. The van der Waals surface area contributed by atoms with Gasteiger partial charge in [-0.1, -0.05) is 6.92 Å². The minimum Gasteiger partial charge on any atom is -0.465 e. The summed E-state index contributed by atoms with van der Waals surface area (Å²) in [6.45, 7) is 3.70. The van der Waals surface area contributed by atoms with Gasteiger partial charge in [-0.05, 0) is 49.7 Å². The van der Waals surface area contributed by atoms with Gasteiger partial charge >= 0.3 is 0 Å². The summed E-state index contributed by atoms with van der Waals surface area (Å²) >= 11 is 0. The van der Waals surface area contributed by atoms with E-state index in [-0.39, 0.29) is 25.1 Å². The molecule has 0 spiro atoms. The van der Waals surface area contributed by atoms with Gasteiger partial charge in [0.1, 0.15) is 11.9 Å². The first kappa shape index (κ1) is 24.6. The van der Waals surface area contributed by atoms with E-state index in [1.165, 1.54) is 22.8 Å². The molecule has 0 bridgehead atoms. The van der Waals surface area contributed by atoms with Crippen LogP contribution in [0.4, 0.5) is 4.39 Å². The van der Waals surface area contributed by atoms with Crippen LogP contribution in [0.2, 0.25) is 0 Å². The van der Waals surface area contributed by atoms with Gasteiger partial charge in [0.05, 0.1) is 48.0 Å². The van der Waals surface area contributed by atoms with Crippen molar-refractivity contribution in [1.29, 1.82) is 5.26 Å². The van der Waals surface area contributed by atoms with Crippen molar-refractivity contribution in [1.82, 2.24) is 29.7 Å². The first-order valence-corrected chi connectivity index (χ1v) is 11.1. The zero-order valence-corrected chi connectivity index (χ0v) is 19.8. The number of fused-ring (bicyclic) bond motifs is 1. The third-order valence-electron chi connectivity index (χ3n) is 6.25. The van der Waals surface area contributed by atoms with Crippen molar-refractivity contribution in [3.63, 3.8) is 0 Å². The Balaban J connectivity index is 0.00000289. The molecule has 0 radical (unpaired) electrons. The van der Waals surface area contributed by atoms with Crippen molar-refractivity contribution >= 4 is 17.9 Å². The van der Waals surface area contributed by atoms with E-state index in [9.17, 15) is 14.8 Å². The molecule has 182 valence electrons. The smallest absolute Gasteiger partial charge is 0.224 e. The van der Waals surface area contributed by atoms with Crippen molar-refractivity contribution in [2.24, 2.45) is 5.92 Å². The van der Waals surface area contributed by atoms with Crippen molar-refractivity contribution in [3.05, 3.63) is 66.1 Å². The molecule has 0 aliphatic carbocycles. The Morgan fingerprint density at radius 1 is 1.26 bits per heavy atom. The van der Waals surface area contributed by atoms with Gasteiger partial charge in [0, 0.05) is 17.3 Å². The van der Waals surface area contributed by atoms with Crippen LogP contribution in [-0.2, 0) is 0 Å². The fourth-order valence-corrected chi connectivity index (χ4v) is 4.40. The maximum atomic E-state index is 13.4. The van der Waals surface area contributed by atoms with E-state index in [1.807, 2.05) is 23.0 Å². The van der Waals surface area contributed by atoms with E-state index >= 15 is 0 Å². The second kappa shape index (κ2) is 10.4. The molecule has 1 fully saturated rings. The summed E-state index contributed by atoms with van der Waals surface area (Å²) in [6.07, 6.45) is 6.43. The highest BCUT2D eigenvalue weighted by Gasteiger charge is 2.25. The molecule has 0 amide bonds. The number of rotatable bonds is 6. The minimum absolute atomic E-state index is 0. The van der Waals surface area contributed by atoms with Crippen LogP contribution in [0.5, 0.6) is 5.88 Å². The lowest BCUT2D eigenvalue weighted by Gasteiger charge is -2.29. The van der Waals surface area contributed by atoms with Gasteiger partial charge in [-0.2, -0.15) is 20.0 Å². The quantitative estimate of drug-likeness (QED) is 0.420. The van der Waals surface area contributed by atoms with Crippen LogP contribution in [0.15, 0.2) is 49.1 Å². The van der Waals surface area contributed by atoms with E-state index in [4.69, 9.17) is 4.74 Å². The minimum atomic E-state index is -0.862. The monoisotopic (exact) mass is 497 g/mol. The molecule has 5 rings (SSSR count). The van der Waals surface area contributed by atoms with Crippen LogP contribution < -0.4 is 10.1 Å². The van der Waals surface area contributed by atoms with Crippen LogP contribution in [0, 0.1) is 23.1 Å². The highest BCUT2D eigenvalue weighted by molar-refractivity contribution is 5.85. The normalized spacial score (nSPS) is 18.6. The van der Waals surface area contributed by atoms with E-state index in [2.05, 4.69) is 33.5 Å². The molecular formula is C24H25ClFN7O2. The fraction of sp³-hybridized carbons (Fsp3) is 0.333. The van der Waals surface area contributed by atoms with Gasteiger partial charge in [-0.3, -0.25) is 9.67 Å². The number of aromatic nitrogens is 5. The summed E-state index contributed by atoms with van der Waals surface area (Å²) in [5.41, 5.74) is 2.87. The van der Waals surface area contributed by atoms with Crippen LogP contribution in [0.25, 0.3) is 16.6 Å². The summed E-state index contributed by atoms with van der Waals surface area (Å²) in [5.74, 6) is 0.294. The van der Waals surface area contributed by atoms with Gasteiger partial charge in [-0.15, -0.1) is 12.4 Å². The number of halogens is 2. The van der Waals surface area contributed by atoms with E-state index in [1.54, 1.807) is 6.20 Å². The molecule has 0 saturated carbocycles. The molecule has 1 aliphatic rings. The Kier molecular flexibility index (Phi) is 7.31. The number of nitriles is 1. The second-order valence-electron chi connectivity index (χ2n) is 8.46. The van der Waals surface area contributed by atoms with Crippen molar-refractivity contribution in [3.8, 4) is 23.1 Å². The summed E-state index contributed by atoms with van der Waals surface area (Å²) in [7, 11) is 0. The molecule has 1 saturated heterocycles. The molecule has 4 aromatic heterocycles. The molecule has 1 aliphatic heterocycles. The lowest BCUT2D eigenvalue weighted by atomic mass is 9.95. The molecular weight excluding hydrogens is 473 g/mol. The van der Waals surface area contributed by atoms with Gasteiger partial charge < -0.3 is 15.2 Å². The van der Waals surface area contributed by atoms with E-state index in [0.29, 0.717) is 34.1 Å². The first-order chi connectivity index (χ1) is 16.6. The lowest BCUT2D eigenvalue weighted by molar-refractivity contribution is 0.107. The predicted octanol–water partition coefficient (Wildman–Crippen LogP) is 3.31. The highest BCUT2D eigenvalue weighted by atomic mass is 35.5. The maximum Gasteiger partial charge on any atom is 0.224 e. The highest BCUT2D eigenvalue weighted by Crippen LogP contribution is 2.35. The Morgan fingerprint density at radius 2 is 2.11 bits per heavy atom. The largest absolute Gasteiger partial charge is 0.465 e. The van der Waals surface area contributed by atoms with E-state index in [0.717, 1.165) is 31.3 Å². The standard InChI is InChI=1S/C24H24FN7O2.ClH/c1-15-9-27-7-6-21(15)31-13-17(11-29-31)19-3-5-22-16(8-26)10-30-32(22)24(19)34-23(14-33)20-4-2-18(25)12-28-20;/h2-5,10-13,15,21,23,27,33H,6-7,9,14H2,1H3;1H. The summed E-state index contributed by atoms with van der Waals surface area (Å²) in [5, 5.41) is 31.9. The van der Waals surface area contributed by atoms with Crippen molar-refractivity contribution in [2.45, 2.75) is 25.5 Å². The van der Waals surface area contributed by atoms with E-state index < -0.39 is 11.9 Å². The Morgan fingerprint density at radius 3 is 2.83 bits per heavy atom. The van der Waals surface area contributed by atoms with Gasteiger partial charge in [0.2, 0.25) is 5.88 Å². The van der Waals surface area contributed by atoms with Gasteiger partial charge in [0.15, 0.2) is 6.10 Å². The predicted molar refractivity (Wildman–Crippen MR) is 129 cm³/mol. The Bertz CT molecular complexity index is 1350. The Labute approximate surface area is 207 Å². The third kappa shape index (κ3) is 4.71. The number of piperidine rings is 1. The molecule has 3 atom stereocenters. The number of aliphatic hydroxyl groups excluding tert-OH is 1. The van der Waals surface area contributed by atoms with Crippen molar-refractivity contribution in [2.75, 3.05) is 19.7 Å². The van der Waals surface area contributed by atoms with Crippen LogP contribution >= 0.6 is 12.4 Å². The number of ether oxygens (including phenoxy) is 1. The van der Waals surface area contributed by atoms with Crippen LogP contribution in [-0.4, -0.2) is 49.2 Å². The third-order valence-corrected chi connectivity index (χ3v) is 6.25. The number of hydrogen-bond acceptors (Lipinski definition) is 7. The fourth-order valence-electron chi connectivity index (χ4n) is 4.40. The molecule has 2 N–H and O–H groups in total. The summed E-state index contributed by atoms with van der Waals surface area (Å²) in [4.78, 5) is 4.06. The zero-order valence-electron chi connectivity index (χ0n) is 19.0.